The normalized spacial score (nSPS) is 36.0. The second-order valence-electron chi connectivity index (χ2n) is 9.62. The summed E-state index contributed by atoms with van der Waals surface area (Å²) >= 11 is 1.93. The van der Waals surface area contributed by atoms with Crippen molar-refractivity contribution in [2.24, 2.45) is 22.7 Å². The highest BCUT2D eigenvalue weighted by Gasteiger charge is 2.56. The predicted molar refractivity (Wildman–Crippen MR) is 118 cm³/mol. The van der Waals surface area contributed by atoms with Gasteiger partial charge in [-0.05, 0) is 74.3 Å². The number of thioether (sulfide) groups is 1. The summed E-state index contributed by atoms with van der Waals surface area (Å²) in [6.45, 7) is 2.22. The molecule has 0 amide bonds. The monoisotopic (exact) mass is 406 g/mol. The number of benzene rings is 1. The molecule has 29 heavy (non-hydrogen) atoms. The topological polar surface area (TPSA) is 34.1 Å². The molecule has 0 spiro atoms. The first-order chi connectivity index (χ1) is 14.0. The van der Waals surface area contributed by atoms with Crippen LogP contribution in [0.5, 0.6) is 0 Å². The average Bonchev–Trinajstić information content (AvgIpc) is 3.04. The fourth-order valence-corrected chi connectivity index (χ4v) is 7.78. The van der Waals surface area contributed by atoms with Crippen LogP contribution in [-0.2, 0) is 9.59 Å². The Labute approximate surface area is 178 Å². The smallest absolute Gasteiger partial charge is 0.155 e. The maximum atomic E-state index is 12.7. The maximum Gasteiger partial charge on any atom is 0.155 e. The molecule has 3 heteroatoms. The van der Waals surface area contributed by atoms with Gasteiger partial charge >= 0.3 is 0 Å². The lowest BCUT2D eigenvalue weighted by atomic mass is 9.50. The lowest BCUT2D eigenvalue weighted by molar-refractivity contribution is -0.127. The van der Waals surface area contributed by atoms with Gasteiger partial charge in [0.1, 0.15) is 5.78 Å². The van der Waals surface area contributed by atoms with Crippen LogP contribution in [0.25, 0.3) is 0 Å². The van der Waals surface area contributed by atoms with Gasteiger partial charge in [0.2, 0.25) is 0 Å². The summed E-state index contributed by atoms with van der Waals surface area (Å²) in [7, 11) is 0. The van der Waals surface area contributed by atoms with E-state index in [-0.39, 0.29) is 10.8 Å². The quantitative estimate of drug-likeness (QED) is 0.443. The molecule has 0 bridgehead atoms. The zero-order valence-corrected chi connectivity index (χ0v) is 18.1. The van der Waals surface area contributed by atoms with Gasteiger partial charge in [-0.15, -0.1) is 11.8 Å². The van der Waals surface area contributed by atoms with Crippen LogP contribution >= 0.6 is 11.8 Å². The van der Waals surface area contributed by atoms with Crippen molar-refractivity contribution < 1.29 is 9.59 Å². The number of allylic oxidation sites excluding steroid dienone is 4. The summed E-state index contributed by atoms with van der Waals surface area (Å²) in [6.07, 6.45) is 12.0. The molecule has 152 valence electrons. The molecule has 0 radical (unpaired) electrons. The molecule has 1 aromatic carbocycles. The van der Waals surface area contributed by atoms with E-state index in [9.17, 15) is 9.59 Å². The van der Waals surface area contributed by atoms with Gasteiger partial charge in [-0.2, -0.15) is 0 Å². The summed E-state index contributed by atoms with van der Waals surface area (Å²) in [4.78, 5) is 26.2. The Bertz CT molecular complexity index is 899. The van der Waals surface area contributed by atoms with Crippen molar-refractivity contribution in [3.63, 3.8) is 0 Å². The fourth-order valence-electron chi connectivity index (χ4n) is 6.75. The van der Waals surface area contributed by atoms with Gasteiger partial charge in [0.25, 0.3) is 0 Å². The summed E-state index contributed by atoms with van der Waals surface area (Å²) in [5.41, 5.74) is 2.90. The van der Waals surface area contributed by atoms with Crippen LogP contribution in [-0.4, -0.2) is 17.3 Å². The van der Waals surface area contributed by atoms with E-state index in [0.717, 1.165) is 50.7 Å². The fraction of sp³-hybridized carbons (Fsp3) is 0.538. The van der Waals surface area contributed by atoms with E-state index >= 15 is 0 Å². The van der Waals surface area contributed by atoms with E-state index in [0.29, 0.717) is 29.8 Å². The van der Waals surface area contributed by atoms with E-state index < -0.39 is 0 Å². The molecule has 0 unspecified atom stereocenters. The van der Waals surface area contributed by atoms with Gasteiger partial charge in [-0.25, -0.2) is 0 Å². The molecule has 1 aromatic rings. The second kappa shape index (κ2) is 7.27. The minimum Gasteiger partial charge on any atom is -0.299 e. The zero-order valence-electron chi connectivity index (χ0n) is 17.3. The van der Waals surface area contributed by atoms with Crippen molar-refractivity contribution in [2.45, 2.75) is 63.2 Å². The van der Waals surface area contributed by atoms with Gasteiger partial charge in [0, 0.05) is 28.6 Å². The summed E-state index contributed by atoms with van der Waals surface area (Å²) < 4.78 is 0. The number of rotatable bonds is 4. The van der Waals surface area contributed by atoms with Gasteiger partial charge in [-0.1, -0.05) is 42.3 Å². The van der Waals surface area contributed by atoms with Crippen LogP contribution in [0.2, 0.25) is 0 Å². The highest BCUT2D eigenvalue weighted by atomic mass is 32.2. The van der Waals surface area contributed by atoms with E-state index in [1.807, 2.05) is 17.8 Å². The van der Waals surface area contributed by atoms with E-state index in [1.165, 1.54) is 10.5 Å². The van der Waals surface area contributed by atoms with E-state index in [4.69, 9.17) is 0 Å². The number of ketones is 2. The Hall–Kier alpha value is -1.61. The summed E-state index contributed by atoms with van der Waals surface area (Å²) in [5, 5.41) is 0. The Morgan fingerprint density at radius 2 is 1.90 bits per heavy atom. The number of hydrogen-bond donors (Lipinski definition) is 0. The first-order valence-corrected chi connectivity index (χ1v) is 12.2. The minimum absolute atomic E-state index is 0.0611. The van der Waals surface area contributed by atoms with Crippen LogP contribution in [0.3, 0.4) is 0 Å². The molecule has 0 aliphatic heterocycles. The Balaban J connectivity index is 1.47. The van der Waals surface area contributed by atoms with Gasteiger partial charge in [-0.3, -0.25) is 9.59 Å². The third kappa shape index (κ3) is 3.08. The van der Waals surface area contributed by atoms with Crippen LogP contribution in [0, 0.1) is 22.7 Å². The van der Waals surface area contributed by atoms with Gasteiger partial charge in [0.15, 0.2) is 5.78 Å². The first kappa shape index (κ1) is 19.4. The van der Waals surface area contributed by atoms with Crippen LogP contribution < -0.4 is 0 Å². The number of Topliss-reactive ketones (excluding diaryl/α,β-unsaturated/α-hetero) is 1. The van der Waals surface area contributed by atoms with E-state index in [2.05, 4.69) is 43.3 Å². The van der Waals surface area contributed by atoms with Crippen molar-refractivity contribution in [1.82, 2.24) is 0 Å². The molecule has 0 heterocycles. The van der Waals surface area contributed by atoms with E-state index in [1.54, 1.807) is 5.57 Å². The Kier molecular flexibility index (Phi) is 4.85. The molecule has 0 N–H and O–H groups in total. The number of carbonyl (C=O) groups is 2. The molecule has 2 saturated carbocycles. The lowest BCUT2D eigenvalue weighted by Crippen LogP contribution is -2.45. The minimum atomic E-state index is -0.139. The average molecular weight is 407 g/mol. The molecule has 2 nitrogen and oxygen atoms in total. The molecule has 0 aromatic heterocycles. The second-order valence-corrected chi connectivity index (χ2v) is 10.8. The third-order valence-corrected chi connectivity index (χ3v) is 9.35. The standard InChI is InChI=1S/C26H30O2S/c1-25-13-12-23-21(22(25)9-10-24(25)28)8-7-18-17-19(27)11-14-26(18,23)15-16-29-20-5-3-2-4-6-20/h2-6,12,17,21-22H,7-11,13-16H2,1H3/t21-,22-,25-,26+/m0/s1. The first-order valence-electron chi connectivity index (χ1n) is 11.2. The van der Waals surface area contributed by atoms with Crippen molar-refractivity contribution >= 4 is 23.3 Å². The highest BCUT2D eigenvalue weighted by molar-refractivity contribution is 7.99. The summed E-state index contributed by atoms with van der Waals surface area (Å²) in [6, 6.07) is 10.6. The van der Waals surface area contributed by atoms with Crippen molar-refractivity contribution in [2.75, 3.05) is 5.75 Å². The molecular formula is C26H30O2S. The molecule has 4 aliphatic carbocycles. The lowest BCUT2D eigenvalue weighted by Gasteiger charge is -2.53. The van der Waals surface area contributed by atoms with Crippen molar-refractivity contribution in [3.8, 4) is 0 Å². The van der Waals surface area contributed by atoms with Crippen molar-refractivity contribution in [3.05, 3.63) is 53.6 Å². The predicted octanol–water partition coefficient (Wildman–Crippen LogP) is 6.17. The molecule has 5 rings (SSSR count). The molecule has 2 fully saturated rings. The number of hydrogen-bond acceptors (Lipinski definition) is 3. The SMILES string of the molecule is C[C@]12CC=C3[C@@H](CCC4=CC(=O)CC[C@@]43CCSc3ccccc3)[C@@H]1CCC2=O. The Morgan fingerprint density at radius 3 is 2.72 bits per heavy atom. The van der Waals surface area contributed by atoms with Crippen molar-refractivity contribution in [1.29, 1.82) is 0 Å². The zero-order chi connectivity index (χ0) is 20.1. The molecule has 4 atom stereocenters. The Morgan fingerprint density at radius 1 is 1.07 bits per heavy atom. The van der Waals surface area contributed by atoms with Gasteiger partial charge < -0.3 is 0 Å². The molecule has 0 saturated heterocycles. The van der Waals surface area contributed by atoms with Crippen LogP contribution in [0.1, 0.15) is 58.3 Å². The third-order valence-electron chi connectivity index (χ3n) is 8.34. The number of fused-ring (bicyclic) bond motifs is 5. The van der Waals surface area contributed by atoms with Gasteiger partial charge in [0.05, 0.1) is 0 Å². The maximum absolute atomic E-state index is 12.7. The van der Waals surface area contributed by atoms with Crippen LogP contribution in [0.4, 0.5) is 0 Å². The highest BCUT2D eigenvalue weighted by Crippen LogP contribution is 2.63. The number of carbonyl (C=O) groups excluding carboxylic acids is 2. The largest absolute Gasteiger partial charge is 0.299 e. The van der Waals surface area contributed by atoms with Crippen LogP contribution in [0.15, 0.2) is 58.5 Å². The molecule has 4 aliphatic rings. The summed E-state index contributed by atoms with van der Waals surface area (Å²) in [5.74, 6) is 2.90. The molecular weight excluding hydrogens is 376 g/mol.